The number of anilines is 2. The number of ether oxygens (including phenoxy) is 2. The van der Waals surface area contributed by atoms with Crippen LogP contribution >= 0.6 is 15.9 Å². The number of nitrogens with one attached hydrogen (secondary N) is 3. The van der Waals surface area contributed by atoms with E-state index >= 15 is 0 Å². The summed E-state index contributed by atoms with van der Waals surface area (Å²) >= 11 is 3.34. The minimum absolute atomic E-state index is 0.159. The Morgan fingerprint density at radius 2 is 1.47 bits per heavy atom. The molecule has 0 aliphatic carbocycles. The van der Waals surface area contributed by atoms with E-state index in [1.165, 1.54) is 18.3 Å². The Kier molecular flexibility index (Phi) is 10.8. The zero-order valence-corrected chi connectivity index (χ0v) is 24.6. The Morgan fingerprint density at radius 3 is 2.16 bits per heavy atom. The van der Waals surface area contributed by atoms with E-state index in [9.17, 15) is 19.2 Å². The standard InChI is InChI=1S/C32H27BrN4O6/c1-2-19-42-25-17-9-22(10-18-25)32(41)43-26-15-7-21(8-16-26)20-34-37-31(40)30(39)36-28-6-4-3-5-27(28)29(38)35-24-13-11-23(33)12-14-24/h3-18,20H,2,19H2,1H3,(H,35,38)(H,36,39)(H,37,40)/b34-20+. The van der Waals surface area contributed by atoms with Gasteiger partial charge in [0.05, 0.1) is 29.6 Å². The number of esters is 1. The van der Waals surface area contributed by atoms with Crippen LogP contribution in [0.25, 0.3) is 0 Å². The third kappa shape index (κ3) is 9.10. The van der Waals surface area contributed by atoms with Gasteiger partial charge in [-0.3, -0.25) is 14.4 Å². The van der Waals surface area contributed by atoms with Crippen LogP contribution in [0.3, 0.4) is 0 Å². The van der Waals surface area contributed by atoms with Gasteiger partial charge in [-0.1, -0.05) is 35.0 Å². The van der Waals surface area contributed by atoms with Gasteiger partial charge in [-0.2, -0.15) is 5.10 Å². The van der Waals surface area contributed by atoms with E-state index in [1.54, 1.807) is 84.9 Å². The Bertz CT molecular complexity index is 1620. The maximum Gasteiger partial charge on any atom is 0.343 e. The van der Waals surface area contributed by atoms with Crippen LogP contribution in [-0.4, -0.2) is 36.5 Å². The van der Waals surface area contributed by atoms with Crippen LogP contribution in [0.4, 0.5) is 11.4 Å². The highest BCUT2D eigenvalue weighted by atomic mass is 79.9. The maximum atomic E-state index is 12.8. The van der Waals surface area contributed by atoms with E-state index in [-0.39, 0.29) is 11.3 Å². The molecule has 0 aromatic heterocycles. The lowest BCUT2D eigenvalue weighted by Crippen LogP contribution is -2.33. The van der Waals surface area contributed by atoms with Crippen LogP contribution in [0.5, 0.6) is 11.5 Å². The number of hydrazone groups is 1. The predicted molar refractivity (Wildman–Crippen MR) is 167 cm³/mol. The van der Waals surface area contributed by atoms with E-state index in [0.29, 0.717) is 34.9 Å². The van der Waals surface area contributed by atoms with Gasteiger partial charge >= 0.3 is 17.8 Å². The molecular formula is C32H27BrN4O6. The first kappa shape index (κ1) is 30.7. The van der Waals surface area contributed by atoms with Gasteiger partial charge in [0.2, 0.25) is 0 Å². The Hall–Kier alpha value is -5.29. The number of carbonyl (C=O) groups excluding carboxylic acids is 4. The average Bonchev–Trinajstić information content (AvgIpc) is 3.02. The predicted octanol–water partition coefficient (Wildman–Crippen LogP) is 5.80. The molecule has 0 aliphatic rings. The molecule has 0 heterocycles. The van der Waals surface area contributed by atoms with Crippen molar-refractivity contribution in [2.75, 3.05) is 17.2 Å². The number of benzene rings is 4. The molecule has 0 unspecified atom stereocenters. The third-order valence-corrected chi connectivity index (χ3v) is 6.29. The third-order valence-electron chi connectivity index (χ3n) is 5.76. The maximum absolute atomic E-state index is 12.8. The van der Waals surface area contributed by atoms with Crippen LogP contribution in [-0.2, 0) is 9.59 Å². The molecule has 43 heavy (non-hydrogen) atoms. The van der Waals surface area contributed by atoms with Crippen molar-refractivity contribution in [1.29, 1.82) is 0 Å². The molecule has 0 fully saturated rings. The smallest absolute Gasteiger partial charge is 0.343 e. The second-order valence-corrected chi connectivity index (χ2v) is 9.91. The quantitative estimate of drug-likeness (QED) is 0.0658. The molecule has 4 aromatic rings. The molecule has 4 aromatic carbocycles. The Morgan fingerprint density at radius 1 is 0.791 bits per heavy atom. The van der Waals surface area contributed by atoms with Gasteiger partial charge in [-0.05, 0) is 96.9 Å². The molecule has 0 spiro atoms. The van der Waals surface area contributed by atoms with E-state index in [4.69, 9.17) is 9.47 Å². The number of amides is 3. The number of rotatable bonds is 10. The van der Waals surface area contributed by atoms with Gasteiger partial charge in [0, 0.05) is 10.2 Å². The molecule has 218 valence electrons. The summed E-state index contributed by atoms with van der Waals surface area (Å²) in [5, 5.41) is 8.99. The SMILES string of the molecule is CCCOc1ccc(C(=O)Oc2ccc(/C=N/NC(=O)C(=O)Nc3ccccc3C(=O)Nc3ccc(Br)cc3)cc2)cc1. The first-order valence-corrected chi connectivity index (χ1v) is 14.0. The van der Waals surface area contributed by atoms with Gasteiger partial charge in [-0.25, -0.2) is 10.2 Å². The zero-order valence-electron chi connectivity index (χ0n) is 23.0. The van der Waals surface area contributed by atoms with Gasteiger partial charge in [-0.15, -0.1) is 0 Å². The summed E-state index contributed by atoms with van der Waals surface area (Å²) in [5.74, 6) is -2.02. The summed E-state index contributed by atoms with van der Waals surface area (Å²) < 4.78 is 11.8. The van der Waals surface area contributed by atoms with Gasteiger partial charge < -0.3 is 20.1 Å². The number of hydrogen-bond donors (Lipinski definition) is 3. The van der Waals surface area contributed by atoms with Crippen molar-refractivity contribution in [1.82, 2.24) is 5.43 Å². The van der Waals surface area contributed by atoms with Crippen molar-refractivity contribution in [2.24, 2.45) is 5.10 Å². The highest BCUT2D eigenvalue weighted by Crippen LogP contribution is 2.20. The topological polar surface area (TPSA) is 135 Å². The molecule has 11 heteroatoms. The normalized spacial score (nSPS) is 10.6. The molecule has 3 amide bonds. The molecule has 0 bridgehead atoms. The largest absolute Gasteiger partial charge is 0.494 e. The van der Waals surface area contributed by atoms with E-state index < -0.39 is 23.7 Å². The van der Waals surface area contributed by atoms with Crippen LogP contribution in [0, 0.1) is 0 Å². The van der Waals surface area contributed by atoms with Crippen LogP contribution in [0.15, 0.2) is 107 Å². The Labute approximate surface area is 256 Å². The van der Waals surface area contributed by atoms with Crippen LogP contribution in [0.1, 0.15) is 39.6 Å². The minimum Gasteiger partial charge on any atom is -0.494 e. The summed E-state index contributed by atoms with van der Waals surface area (Å²) in [7, 11) is 0. The van der Waals surface area contributed by atoms with E-state index in [0.717, 1.165) is 10.9 Å². The van der Waals surface area contributed by atoms with E-state index in [2.05, 4.69) is 37.1 Å². The number of halogens is 1. The average molecular weight is 643 g/mol. The summed E-state index contributed by atoms with van der Waals surface area (Å²) in [6, 6.07) is 26.4. The Balaban J connectivity index is 1.28. The molecule has 10 nitrogen and oxygen atoms in total. The lowest BCUT2D eigenvalue weighted by Gasteiger charge is -2.11. The number of hydrogen-bond acceptors (Lipinski definition) is 7. The second-order valence-electron chi connectivity index (χ2n) is 8.99. The monoisotopic (exact) mass is 642 g/mol. The molecule has 3 N–H and O–H groups in total. The van der Waals surface area contributed by atoms with Crippen molar-refractivity contribution >= 4 is 57.2 Å². The molecule has 0 radical (unpaired) electrons. The minimum atomic E-state index is -1.03. The molecule has 0 atom stereocenters. The van der Waals surface area contributed by atoms with Gasteiger partial charge in [0.25, 0.3) is 5.91 Å². The fourth-order valence-electron chi connectivity index (χ4n) is 3.61. The number of nitrogens with zero attached hydrogens (tertiary/aromatic N) is 1. The molecular weight excluding hydrogens is 616 g/mol. The zero-order chi connectivity index (χ0) is 30.6. The summed E-state index contributed by atoms with van der Waals surface area (Å²) in [6.45, 7) is 2.61. The van der Waals surface area contributed by atoms with Gasteiger partial charge in [0.15, 0.2) is 0 Å². The van der Waals surface area contributed by atoms with Crippen molar-refractivity contribution in [3.05, 3.63) is 118 Å². The molecule has 0 saturated heterocycles. The fraction of sp³-hybridized carbons (Fsp3) is 0.0938. The molecule has 0 aliphatic heterocycles. The van der Waals surface area contributed by atoms with E-state index in [1.807, 2.05) is 6.92 Å². The van der Waals surface area contributed by atoms with Gasteiger partial charge in [0.1, 0.15) is 11.5 Å². The fourth-order valence-corrected chi connectivity index (χ4v) is 3.88. The number of carbonyl (C=O) groups is 4. The van der Waals surface area contributed by atoms with Crippen LogP contribution < -0.4 is 25.5 Å². The lowest BCUT2D eigenvalue weighted by atomic mass is 10.1. The highest BCUT2D eigenvalue weighted by Gasteiger charge is 2.18. The van der Waals surface area contributed by atoms with Crippen molar-refractivity contribution in [3.8, 4) is 11.5 Å². The first-order chi connectivity index (χ1) is 20.8. The summed E-state index contributed by atoms with van der Waals surface area (Å²) in [5.41, 5.74) is 4.00. The van der Waals surface area contributed by atoms with Crippen molar-refractivity contribution in [2.45, 2.75) is 13.3 Å². The summed E-state index contributed by atoms with van der Waals surface area (Å²) in [6.07, 6.45) is 2.21. The summed E-state index contributed by atoms with van der Waals surface area (Å²) in [4.78, 5) is 50.0. The van der Waals surface area contributed by atoms with Crippen molar-refractivity contribution < 1.29 is 28.7 Å². The molecule has 0 saturated carbocycles. The second kappa shape index (κ2) is 15.1. The van der Waals surface area contributed by atoms with Crippen molar-refractivity contribution in [3.63, 3.8) is 0 Å². The van der Waals surface area contributed by atoms with Crippen LogP contribution in [0.2, 0.25) is 0 Å². The highest BCUT2D eigenvalue weighted by molar-refractivity contribution is 9.10. The first-order valence-electron chi connectivity index (χ1n) is 13.2. The lowest BCUT2D eigenvalue weighted by molar-refractivity contribution is -0.136. The number of para-hydroxylation sites is 1. The molecule has 4 rings (SSSR count).